The first-order valence-corrected chi connectivity index (χ1v) is 17.4. The molecular formula is C34H55NaO3S. The Kier molecular flexibility index (Phi) is 20.9. The average molecular weight is 567 g/mol. The summed E-state index contributed by atoms with van der Waals surface area (Å²) in [5, 5.41) is 1.99. The largest absolute Gasteiger partial charge is 1.00 e. The van der Waals surface area contributed by atoms with Crippen LogP contribution < -0.4 is 29.6 Å². The summed E-state index contributed by atoms with van der Waals surface area (Å²) in [7, 11) is -4.47. The molecule has 216 valence electrons. The van der Waals surface area contributed by atoms with E-state index in [1.165, 1.54) is 115 Å². The van der Waals surface area contributed by atoms with Crippen LogP contribution in [0, 0.1) is 0 Å². The van der Waals surface area contributed by atoms with Gasteiger partial charge in [0.2, 0.25) is 0 Å². The van der Waals surface area contributed by atoms with Crippen LogP contribution in [0.2, 0.25) is 0 Å². The molecule has 0 amide bonds. The monoisotopic (exact) mass is 566 g/mol. The minimum Gasteiger partial charge on any atom is -0.744 e. The van der Waals surface area contributed by atoms with Gasteiger partial charge in [-0.05, 0) is 59.7 Å². The van der Waals surface area contributed by atoms with Crippen molar-refractivity contribution in [1.82, 2.24) is 0 Å². The molecule has 0 saturated heterocycles. The maximum absolute atomic E-state index is 11.9. The Bertz CT molecular complexity index is 1000. The number of benzene rings is 2. The topological polar surface area (TPSA) is 57.2 Å². The van der Waals surface area contributed by atoms with Crippen LogP contribution >= 0.6 is 0 Å². The van der Waals surface area contributed by atoms with E-state index in [4.69, 9.17) is 0 Å². The minimum absolute atomic E-state index is 0. The van der Waals surface area contributed by atoms with Crippen LogP contribution in [0.15, 0.2) is 35.2 Å². The first kappa shape index (κ1) is 36.6. The maximum Gasteiger partial charge on any atom is 1.00 e. The summed E-state index contributed by atoms with van der Waals surface area (Å²) in [6, 6.07) is 9.67. The molecular weight excluding hydrogens is 511 g/mol. The van der Waals surface area contributed by atoms with Crippen LogP contribution in [0.1, 0.15) is 153 Å². The zero-order valence-electron chi connectivity index (χ0n) is 25.6. The second kappa shape index (κ2) is 22.2. The minimum atomic E-state index is -4.47. The Morgan fingerprint density at radius 1 is 0.564 bits per heavy atom. The van der Waals surface area contributed by atoms with Crippen molar-refractivity contribution < 1.29 is 42.5 Å². The van der Waals surface area contributed by atoms with Crippen LogP contribution in [-0.4, -0.2) is 13.0 Å². The smallest absolute Gasteiger partial charge is 0.744 e. The predicted octanol–water partition coefficient (Wildman–Crippen LogP) is 7.67. The first-order chi connectivity index (χ1) is 18.5. The third-order valence-corrected chi connectivity index (χ3v) is 8.80. The summed E-state index contributed by atoms with van der Waals surface area (Å²) >= 11 is 0. The van der Waals surface area contributed by atoms with Gasteiger partial charge in [-0.25, -0.2) is 8.42 Å². The Morgan fingerprint density at radius 3 is 1.46 bits per heavy atom. The molecule has 0 atom stereocenters. The number of unbranched alkanes of at least 4 members (excludes halogenated alkanes) is 18. The van der Waals surface area contributed by atoms with Crippen LogP contribution in [0.3, 0.4) is 0 Å². The second-order valence-electron chi connectivity index (χ2n) is 11.5. The molecule has 0 spiro atoms. The standard InChI is InChI=1S/C34H56O3S.Na/c1-3-5-7-9-11-13-15-17-19-21-23-30-25-26-34-31(28-33(38(35,36)37)29-32(34)27-30)24-22-20-18-16-14-12-10-8-6-4-2;/h25-29H,3-24H2,1-2H3,(H,35,36,37);/q;+1/p-1. The molecule has 0 aliphatic rings. The quantitative estimate of drug-likeness (QED) is 0.0788. The summed E-state index contributed by atoms with van der Waals surface area (Å²) in [4.78, 5) is -0.0804. The zero-order chi connectivity index (χ0) is 27.5. The molecule has 3 nitrogen and oxygen atoms in total. The Hall–Kier alpha value is -0.390. The van der Waals surface area contributed by atoms with Gasteiger partial charge in [0.1, 0.15) is 10.1 Å². The SMILES string of the molecule is CCCCCCCCCCCCc1ccc2c(CCCCCCCCCCCC)cc(S(=O)(=O)[O-])cc2c1.[Na+]. The second-order valence-corrected chi connectivity index (χ2v) is 12.8. The van der Waals surface area contributed by atoms with Crippen LogP contribution in [0.5, 0.6) is 0 Å². The van der Waals surface area contributed by atoms with E-state index in [1.807, 2.05) is 0 Å². The summed E-state index contributed by atoms with van der Waals surface area (Å²) in [6.45, 7) is 4.52. The normalized spacial score (nSPS) is 11.7. The van der Waals surface area contributed by atoms with E-state index in [0.29, 0.717) is 0 Å². The van der Waals surface area contributed by atoms with Crippen LogP contribution in [0.25, 0.3) is 10.8 Å². The Balaban J connectivity index is 0.00000760. The molecule has 5 heteroatoms. The molecule has 0 N–H and O–H groups in total. The number of hydrogen-bond acceptors (Lipinski definition) is 3. The van der Waals surface area contributed by atoms with Gasteiger partial charge >= 0.3 is 29.6 Å². The van der Waals surface area contributed by atoms with E-state index in [-0.39, 0.29) is 34.5 Å². The summed E-state index contributed by atoms with van der Waals surface area (Å²) in [6.07, 6.45) is 27.8. The first-order valence-electron chi connectivity index (χ1n) is 16.0. The number of hydrogen-bond donors (Lipinski definition) is 0. The number of fused-ring (bicyclic) bond motifs is 1. The van der Waals surface area contributed by atoms with E-state index < -0.39 is 10.1 Å². The third kappa shape index (κ3) is 16.0. The molecule has 0 fully saturated rings. The summed E-state index contributed by atoms with van der Waals surface area (Å²) in [5.74, 6) is 0. The van der Waals surface area contributed by atoms with Crippen LogP contribution in [0.4, 0.5) is 0 Å². The van der Waals surface area contributed by atoms with Crippen molar-refractivity contribution in [3.8, 4) is 0 Å². The molecule has 0 aliphatic heterocycles. The van der Waals surface area contributed by atoms with Crippen molar-refractivity contribution in [3.63, 3.8) is 0 Å². The fraction of sp³-hybridized carbons (Fsp3) is 0.706. The van der Waals surface area contributed by atoms with Crippen molar-refractivity contribution in [2.75, 3.05) is 0 Å². The van der Waals surface area contributed by atoms with Gasteiger partial charge in [0.05, 0.1) is 4.90 Å². The summed E-state index contributed by atoms with van der Waals surface area (Å²) < 4.78 is 35.6. The molecule has 2 aromatic carbocycles. The van der Waals surface area contributed by atoms with E-state index in [0.717, 1.165) is 48.4 Å². The van der Waals surface area contributed by atoms with Crippen molar-refractivity contribution in [3.05, 3.63) is 41.5 Å². The van der Waals surface area contributed by atoms with Crippen molar-refractivity contribution >= 4 is 20.9 Å². The molecule has 0 aliphatic carbocycles. The molecule has 0 bridgehead atoms. The molecule has 2 rings (SSSR count). The Labute approximate surface area is 263 Å². The summed E-state index contributed by atoms with van der Waals surface area (Å²) in [5.41, 5.74) is 2.24. The molecule has 0 saturated carbocycles. The molecule has 0 unspecified atom stereocenters. The Morgan fingerprint density at radius 2 is 1.00 bits per heavy atom. The average Bonchev–Trinajstić information content (AvgIpc) is 2.90. The van der Waals surface area contributed by atoms with Gasteiger partial charge in [-0.3, -0.25) is 0 Å². The molecule has 0 heterocycles. The van der Waals surface area contributed by atoms with Gasteiger partial charge in [-0.2, -0.15) is 0 Å². The van der Waals surface area contributed by atoms with Gasteiger partial charge in [0.15, 0.2) is 0 Å². The predicted molar refractivity (Wildman–Crippen MR) is 163 cm³/mol. The van der Waals surface area contributed by atoms with E-state index in [1.54, 1.807) is 12.1 Å². The fourth-order valence-corrected chi connectivity index (χ4v) is 6.15. The van der Waals surface area contributed by atoms with Crippen LogP contribution in [-0.2, 0) is 23.0 Å². The van der Waals surface area contributed by atoms with E-state index in [9.17, 15) is 13.0 Å². The van der Waals surface area contributed by atoms with Crippen molar-refractivity contribution in [1.29, 1.82) is 0 Å². The van der Waals surface area contributed by atoms with Gasteiger partial charge in [-0.15, -0.1) is 0 Å². The number of rotatable bonds is 23. The van der Waals surface area contributed by atoms with Gasteiger partial charge in [-0.1, -0.05) is 148 Å². The van der Waals surface area contributed by atoms with Gasteiger partial charge in [0, 0.05) is 0 Å². The van der Waals surface area contributed by atoms with E-state index >= 15 is 0 Å². The number of aryl methyl sites for hydroxylation is 2. The van der Waals surface area contributed by atoms with Crippen molar-refractivity contribution in [2.45, 2.75) is 160 Å². The maximum atomic E-state index is 11.9. The fourth-order valence-electron chi connectivity index (χ4n) is 5.59. The van der Waals surface area contributed by atoms with E-state index in [2.05, 4.69) is 32.0 Å². The van der Waals surface area contributed by atoms with Gasteiger partial charge < -0.3 is 4.55 Å². The molecule has 0 radical (unpaired) electrons. The van der Waals surface area contributed by atoms with Crippen molar-refractivity contribution in [2.24, 2.45) is 0 Å². The molecule has 2 aromatic rings. The van der Waals surface area contributed by atoms with Gasteiger partial charge in [0.25, 0.3) is 0 Å². The zero-order valence-corrected chi connectivity index (χ0v) is 28.4. The molecule has 0 aromatic heterocycles. The third-order valence-electron chi connectivity index (χ3n) is 7.98. The molecule has 39 heavy (non-hydrogen) atoms.